The van der Waals surface area contributed by atoms with Gasteiger partial charge < -0.3 is 4.74 Å². The summed E-state index contributed by atoms with van der Waals surface area (Å²) in [7, 11) is 0. The molecule has 0 amide bonds. The third kappa shape index (κ3) is 4.91. The van der Waals surface area contributed by atoms with Crippen LogP contribution in [0.15, 0.2) is 24.3 Å². The Labute approximate surface area is 95.4 Å². The Morgan fingerprint density at radius 3 is 2.81 bits per heavy atom. The number of ether oxygens (including phenoxy) is 1. The lowest BCUT2D eigenvalue weighted by molar-refractivity contribution is -0.145. The summed E-state index contributed by atoms with van der Waals surface area (Å²) in [5.74, 6) is -0.0459. The molecule has 0 atom stereocenters. The quantitative estimate of drug-likeness (QED) is 0.717. The van der Waals surface area contributed by atoms with Crippen LogP contribution in [-0.4, -0.2) is 5.97 Å². The number of hydrogen-bond donors (Lipinski definition) is 0. The summed E-state index contributed by atoms with van der Waals surface area (Å²) in [5.41, 5.74) is 0.679. The van der Waals surface area contributed by atoms with Crippen LogP contribution in [-0.2, 0) is 16.1 Å². The van der Waals surface area contributed by atoms with E-state index in [1.54, 1.807) is 12.1 Å². The molecule has 88 valence electrons. The van der Waals surface area contributed by atoms with Crippen molar-refractivity contribution in [2.75, 3.05) is 0 Å². The highest BCUT2D eigenvalue weighted by Gasteiger charge is 2.05. The molecule has 0 spiro atoms. The predicted molar refractivity (Wildman–Crippen MR) is 60.3 cm³/mol. The summed E-state index contributed by atoms with van der Waals surface area (Å²) in [6.45, 7) is 4.26. The lowest BCUT2D eigenvalue weighted by Crippen LogP contribution is -2.05. The smallest absolute Gasteiger partial charge is 0.306 e. The Bertz CT molecular complexity index is 348. The molecule has 0 bridgehead atoms. The van der Waals surface area contributed by atoms with Gasteiger partial charge in [0.05, 0.1) is 0 Å². The fourth-order valence-electron chi connectivity index (χ4n) is 1.27. The maximum absolute atomic E-state index is 12.8. The standard InChI is InChI=1S/C13H17FO2/c1-10(2)6-7-13(15)16-9-11-4-3-5-12(14)8-11/h3-5,8,10H,6-7,9H2,1-2H3. The number of benzene rings is 1. The first-order valence-electron chi connectivity index (χ1n) is 5.48. The SMILES string of the molecule is CC(C)CCC(=O)OCc1cccc(F)c1. The van der Waals surface area contributed by atoms with Crippen molar-refractivity contribution in [3.63, 3.8) is 0 Å². The molecule has 0 aliphatic rings. The van der Waals surface area contributed by atoms with Crippen LogP contribution >= 0.6 is 0 Å². The topological polar surface area (TPSA) is 26.3 Å². The summed E-state index contributed by atoms with van der Waals surface area (Å²) in [6, 6.07) is 6.07. The van der Waals surface area contributed by atoms with Crippen LogP contribution in [0.4, 0.5) is 4.39 Å². The van der Waals surface area contributed by atoms with Gasteiger partial charge in [-0.2, -0.15) is 0 Å². The van der Waals surface area contributed by atoms with Crippen molar-refractivity contribution >= 4 is 5.97 Å². The molecule has 0 aromatic heterocycles. The van der Waals surface area contributed by atoms with Gasteiger partial charge in [0.1, 0.15) is 12.4 Å². The molecule has 1 aromatic carbocycles. The molecule has 0 aliphatic carbocycles. The molecule has 1 aromatic rings. The first kappa shape index (κ1) is 12.7. The number of carbonyl (C=O) groups excluding carboxylic acids is 1. The average molecular weight is 224 g/mol. The highest BCUT2D eigenvalue weighted by molar-refractivity contribution is 5.69. The molecule has 3 heteroatoms. The second-order valence-electron chi connectivity index (χ2n) is 4.22. The zero-order chi connectivity index (χ0) is 12.0. The van der Waals surface area contributed by atoms with Gasteiger partial charge in [0.2, 0.25) is 0 Å². The lowest BCUT2D eigenvalue weighted by Gasteiger charge is -2.06. The zero-order valence-corrected chi connectivity index (χ0v) is 9.70. The third-order valence-electron chi connectivity index (χ3n) is 2.21. The Morgan fingerprint density at radius 1 is 1.44 bits per heavy atom. The molecule has 16 heavy (non-hydrogen) atoms. The van der Waals surface area contributed by atoms with Crippen molar-refractivity contribution in [2.45, 2.75) is 33.3 Å². The number of halogens is 1. The number of carbonyl (C=O) groups is 1. The van der Waals surface area contributed by atoms with Crippen molar-refractivity contribution in [1.82, 2.24) is 0 Å². The van der Waals surface area contributed by atoms with Gasteiger partial charge >= 0.3 is 5.97 Å². The van der Waals surface area contributed by atoms with E-state index in [2.05, 4.69) is 13.8 Å². The molecule has 0 radical (unpaired) electrons. The maximum Gasteiger partial charge on any atom is 0.306 e. The van der Waals surface area contributed by atoms with Gasteiger partial charge in [-0.3, -0.25) is 4.79 Å². The van der Waals surface area contributed by atoms with E-state index in [1.165, 1.54) is 12.1 Å². The Balaban J connectivity index is 2.31. The van der Waals surface area contributed by atoms with E-state index in [0.29, 0.717) is 17.9 Å². The molecule has 0 saturated heterocycles. The molecular formula is C13H17FO2. The normalized spacial score (nSPS) is 10.5. The summed E-state index contributed by atoms with van der Waals surface area (Å²) in [5, 5.41) is 0. The lowest BCUT2D eigenvalue weighted by atomic mass is 10.1. The van der Waals surface area contributed by atoms with Crippen molar-refractivity contribution < 1.29 is 13.9 Å². The van der Waals surface area contributed by atoms with Crippen LogP contribution in [0.3, 0.4) is 0 Å². The first-order chi connectivity index (χ1) is 7.58. The molecule has 0 heterocycles. The summed E-state index contributed by atoms with van der Waals surface area (Å²) in [6.07, 6.45) is 1.25. The summed E-state index contributed by atoms with van der Waals surface area (Å²) in [4.78, 5) is 11.3. The first-order valence-corrected chi connectivity index (χ1v) is 5.48. The minimum Gasteiger partial charge on any atom is -0.461 e. The molecule has 0 unspecified atom stereocenters. The van der Waals surface area contributed by atoms with Gasteiger partial charge in [-0.15, -0.1) is 0 Å². The van der Waals surface area contributed by atoms with E-state index in [4.69, 9.17) is 4.74 Å². The van der Waals surface area contributed by atoms with Crippen LogP contribution in [0.25, 0.3) is 0 Å². The van der Waals surface area contributed by atoms with Crippen molar-refractivity contribution in [3.05, 3.63) is 35.6 Å². The molecule has 2 nitrogen and oxygen atoms in total. The Hall–Kier alpha value is -1.38. The Morgan fingerprint density at radius 2 is 2.19 bits per heavy atom. The van der Waals surface area contributed by atoms with E-state index in [1.807, 2.05) is 0 Å². The number of hydrogen-bond acceptors (Lipinski definition) is 2. The number of esters is 1. The zero-order valence-electron chi connectivity index (χ0n) is 9.70. The molecule has 1 rings (SSSR count). The maximum atomic E-state index is 12.8. The van der Waals surface area contributed by atoms with Gasteiger partial charge in [0.25, 0.3) is 0 Å². The fourth-order valence-corrected chi connectivity index (χ4v) is 1.27. The molecule has 0 fully saturated rings. The molecule has 0 aliphatic heterocycles. The summed E-state index contributed by atoms with van der Waals surface area (Å²) >= 11 is 0. The van der Waals surface area contributed by atoms with Crippen LogP contribution in [0.5, 0.6) is 0 Å². The second-order valence-corrected chi connectivity index (χ2v) is 4.22. The van der Waals surface area contributed by atoms with Gasteiger partial charge in [-0.05, 0) is 30.0 Å². The van der Waals surface area contributed by atoms with Crippen molar-refractivity contribution in [1.29, 1.82) is 0 Å². The monoisotopic (exact) mass is 224 g/mol. The van der Waals surface area contributed by atoms with Crippen LogP contribution < -0.4 is 0 Å². The highest BCUT2D eigenvalue weighted by Crippen LogP contribution is 2.08. The van der Waals surface area contributed by atoms with Gasteiger partial charge in [-0.1, -0.05) is 26.0 Å². The summed E-state index contributed by atoms with van der Waals surface area (Å²) < 4.78 is 17.8. The Kier molecular flexibility index (Phi) is 4.96. The largest absolute Gasteiger partial charge is 0.461 e. The fraction of sp³-hybridized carbons (Fsp3) is 0.462. The van der Waals surface area contributed by atoms with Gasteiger partial charge in [-0.25, -0.2) is 4.39 Å². The minimum atomic E-state index is -0.310. The predicted octanol–water partition coefficient (Wildman–Crippen LogP) is 3.31. The van der Waals surface area contributed by atoms with E-state index >= 15 is 0 Å². The average Bonchev–Trinajstić information content (AvgIpc) is 2.23. The minimum absolute atomic E-state index is 0.148. The van der Waals surface area contributed by atoms with E-state index < -0.39 is 0 Å². The second kappa shape index (κ2) is 6.26. The molecular weight excluding hydrogens is 207 g/mol. The van der Waals surface area contributed by atoms with Gasteiger partial charge in [0, 0.05) is 6.42 Å². The van der Waals surface area contributed by atoms with Crippen molar-refractivity contribution in [2.24, 2.45) is 5.92 Å². The van der Waals surface area contributed by atoms with Crippen molar-refractivity contribution in [3.8, 4) is 0 Å². The van der Waals surface area contributed by atoms with Crippen LogP contribution in [0.2, 0.25) is 0 Å². The van der Waals surface area contributed by atoms with E-state index in [0.717, 1.165) is 6.42 Å². The van der Waals surface area contributed by atoms with E-state index in [9.17, 15) is 9.18 Å². The van der Waals surface area contributed by atoms with E-state index in [-0.39, 0.29) is 18.4 Å². The van der Waals surface area contributed by atoms with Crippen LogP contribution in [0.1, 0.15) is 32.3 Å². The van der Waals surface area contributed by atoms with Crippen LogP contribution in [0, 0.1) is 11.7 Å². The van der Waals surface area contributed by atoms with Gasteiger partial charge in [0.15, 0.2) is 0 Å². The number of rotatable bonds is 5. The molecule has 0 N–H and O–H groups in total. The third-order valence-corrected chi connectivity index (χ3v) is 2.21. The highest BCUT2D eigenvalue weighted by atomic mass is 19.1. The molecule has 0 saturated carbocycles.